The van der Waals surface area contributed by atoms with E-state index in [1.54, 1.807) is 12.4 Å². The quantitative estimate of drug-likeness (QED) is 0.608. The monoisotopic (exact) mass is 414 g/mol. The molecule has 0 radical (unpaired) electrons. The number of aromatic nitrogens is 2. The summed E-state index contributed by atoms with van der Waals surface area (Å²) in [6.07, 6.45) is 5.54. The molecule has 2 aromatic rings. The van der Waals surface area contributed by atoms with E-state index in [9.17, 15) is 4.79 Å². The summed E-state index contributed by atoms with van der Waals surface area (Å²) in [7, 11) is 0. The number of nitrogens with zero attached hydrogens (tertiary/aromatic N) is 4. The van der Waals surface area contributed by atoms with Gasteiger partial charge in [-0.2, -0.15) is 0 Å². The summed E-state index contributed by atoms with van der Waals surface area (Å²) in [6, 6.07) is 3.51. The first-order valence-corrected chi connectivity index (χ1v) is 10.6. The van der Waals surface area contributed by atoms with Crippen molar-refractivity contribution in [1.29, 1.82) is 0 Å². The third-order valence-corrected chi connectivity index (χ3v) is 6.15. The van der Waals surface area contributed by atoms with E-state index >= 15 is 0 Å². The number of rotatable bonds is 3. The van der Waals surface area contributed by atoms with Crippen LogP contribution in [0.2, 0.25) is 5.02 Å². The molecule has 1 saturated carbocycles. The number of hydrogen-bond donors (Lipinski definition) is 0. The van der Waals surface area contributed by atoms with E-state index in [4.69, 9.17) is 22.9 Å². The van der Waals surface area contributed by atoms with Gasteiger partial charge in [0, 0.05) is 13.1 Å². The first-order chi connectivity index (χ1) is 13.7. The van der Waals surface area contributed by atoms with Gasteiger partial charge >= 0.3 is 6.09 Å². The zero-order valence-electron chi connectivity index (χ0n) is 17.2. The minimum Gasteiger partial charge on any atom is -0.441 e. The fourth-order valence-electron chi connectivity index (χ4n) is 4.82. The molecular formula is C22H27ClN4O2. The van der Waals surface area contributed by atoms with Gasteiger partial charge in [-0.3, -0.25) is 0 Å². The summed E-state index contributed by atoms with van der Waals surface area (Å²) in [4.78, 5) is 22.3. The Morgan fingerprint density at radius 2 is 2.21 bits per heavy atom. The minimum absolute atomic E-state index is 0.0498. The van der Waals surface area contributed by atoms with Gasteiger partial charge in [0.05, 0.1) is 30.0 Å². The summed E-state index contributed by atoms with van der Waals surface area (Å²) < 4.78 is 8.03. The number of carbonyl (C=O) groups is 1. The van der Waals surface area contributed by atoms with Crippen molar-refractivity contribution in [3.63, 3.8) is 0 Å². The van der Waals surface area contributed by atoms with E-state index in [0.29, 0.717) is 29.7 Å². The Morgan fingerprint density at radius 3 is 2.93 bits per heavy atom. The van der Waals surface area contributed by atoms with Crippen molar-refractivity contribution >= 4 is 34.4 Å². The maximum Gasteiger partial charge on any atom is 0.410 e. The zero-order chi connectivity index (χ0) is 20.8. The molecule has 0 unspecified atom stereocenters. The molecule has 2 heterocycles. The molecule has 6 nitrogen and oxygen atoms in total. The van der Waals surface area contributed by atoms with Gasteiger partial charge in [-0.05, 0) is 49.1 Å². The van der Waals surface area contributed by atoms with Crippen molar-refractivity contribution < 1.29 is 9.53 Å². The maximum absolute atomic E-state index is 12.5. The molecule has 1 aliphatic heterocycles. The van der Waals surface area contributed by atoms with Crippen LogP contribution < -0.4 is 0 Å². The molecule has 154 valence electrons. The molecule has 4 rings (SSSR count). The Kier molecular flexibility index (Phi) is 4.98. The van der Waals surface area contributed by atoms with Gasteiger partial charge in [0.1, 0.15) is 11.1 Å². The highest BCUT2D eigenvalue weighted by Gasteiger charge is 2.48. The van der Waals surface area contributed by atoms with Crippen LogP contribution in [0.5, 0.6) is 0 Å². The van der Waals surface area contributed by atoms with E-state index in [1.165, 1.54) is 0 Å². The van der Waals surface area contributed by atoms with Gasteiger partial charge in [0.25, 0.3) is 0 Å². The van der Waals surface area contributed by atoms with Crippen LogP contribution in [-0.4, -0.2) is 39.2 Å². The lowest BCUT2D eigenvalue weighted by Gasteiger charge is -2.36. The van der Waals surface area contributed by atoms with Gasteiger partial charge in [-0.25, -0.2) is 14.6 Å². The van der Waals surface area contributed by atoms with Gasteiger partial charge < -0.3 is 14.2 Å². The fourth-order valence-corrected chi connectivity index (χ4v) is 5.08. The molecule has 1 aromatic carbocycles. The van der Waals surface area contributed by atoms with Crippen molar-refractivity contribution in [2.75, 3.05) is 13.1 Å². The molecule has 1 amide bonds. The summed E-state index contributed by atoms with van der Waals surface area (Å²) in [5.74, 6) is 0.388. The molecule has 2 aliphatic rings. The van der Waals surface area contributed by atoms with Crippen LogP contribution in [0.4, 0.5) is 10.5 Å². The highest BCUT2D eigenvalue weighted by atomic mass is 35.5. The topological polar surface area (TPSA) is 51.7 Å². The molecule has 1 aliphatic carbocycles. The van der Waals surface area contributed by atoms with Gasteiger partial charge in [-0.15, -0.1) is 0 Å². The highest BCUT2D eigenvalue weighted by Crippen LogP contribution is 2.41. The minimum atomic E-state index is -0.374. The number of hydrogen-bond acceptors (Lipinski definition) is 3. The lowest BCUT2D eigenvalue weighted by Crippen LogP contribution is -2.41. The molecule has 29 heavy (non-hydrogen) atoms. The SMILES string of the molecule is [C-]#[N+]c1cc(Cl)c2ncn(C[C@H]3CCC[C@]4(C3)CN(CC(C)(C)C)C(=O)O4)c2c1. The molecule has 7 heteroatoms. The Bertz CT molecular complexity index is 987. The summed E-state index contributed by atoms with van der Waals surface area (Å²) >= 11 is 6.30. The Labute approximate surface area is 176 Å². The average Bonchev–Trinajstić information content (AvgIpc) is 3.15. The smallest absolute Gasteiger partial charge is 0.410 e. The summed E-state index contributed by atoms with van der Waals surface area (Å²) in [5, 5.41) is 0.509. The number of benzene rings is 1. The summed E-state index contributed by atoms with van der Waals surface area (Å²) in [5.41, 5.74) is 1.82. The van der Waals surface area contributed by atoms with Gasteiger partial charge in [0.15, 0.2) is 5.69 Å². The third-order valence-electron chi connectivity index (χ3n) is 5.86. The molecule has 0 N–H and O–H groups in total. The van der Waals surface area contributed by atoms with Crippen LogP contribution in [0.3, 0.4) is 0 Å². The Balaban J connectivity index is 1.52. The molecule has 2 atom stereocenters. The van der Waals surface area contributed by atoms with E-state index in [0.717, 1.165) is 43.3 Å². The number of ether oxygens (including phenoxy) is 1. The predicted molar refractivity (Wildman–Crippen MR) is 113 cm³/mol. The van der Waals surface area contributed by atoms with E-state index in [1.807, 2.05) is 11.0 Å². The Morgan fingerprint density at radius 1 is 1.41 bits per heavy atom. The standard InChI is InChI=1S/C22H27ClN4O2/c1-21(2,3)12-27-13-22(29-20(27)28)7-5-6-15(10-22)11-26-14-25-19-17(23)8-16(24-4)9-18(19)26/h8-9,14-15H,5-7,10-13H2,1-3H3/t15-,22-/m0/s1. The second-order valence-corrected chi connectivity index (χ2v) is 10.1. The second kappa shape index (κ2) is 7.21. The molecular weight excluding hydrogens is 388 g/mol. The van der Waals surface area contributed by atoms with Crippen molar-refractivity contribution in [2.45, 2.75) is 58.6 Å². The molecule has 1 saturated heterocycles. The van der Waals surface area contributed by atoms with Gasteiger partial charge in [0.2, 0.25) is 0 Å². The van der Waals surface area contributed by atoms with Crippen LogP contribution in [0.15, 0.2) is 18.5 Å². The van der Waals surface area contributed by atoms with Crippen molar-refractivity contribution in [3.05, 3.63) is 34.9 Å². The van der Waals surface area contributed by atoms with Crippen molar-refractivity contribution in [1.82, 2.24) is 14.5 Å². The highest BCUT2D eigenvalue weighted by molar-refractivity contribution is 6.35. The lowest BCUT2D eigenvalue weighted by molar-refractivity contribution is 0.00413. The van der Waals surface area contributed by atoms with Crippen LogP contribution >= 0.6 is 11.6 Å². The van der Waals surface area contributed by atoms with Crippen LogP contribution in [0, 0.1) is 17.9 Å². The lowest BCUT2D eigenvalue weighted by atomic mass is 9.77. The average molecular weight is 415 g/mol. The number of amides is 1. The molecule has 0 bridgehead atoms. The first kappa shape index (κ1) is 20.0. The van der Waals surface area contributed by atoms with E-state index in [-0.39, 0.29) is 17.1 Å². The van der Waals surface area contributed by atoms with Crippen LogP contribution in [0.1, 0.15) is 46.5 Å². The molecule has 2 fully saturated rings. The molecule has 1 aromatic heterocycles. The van der Waals surface area contributed by atoms with E-state index in [2.05, 4.69) is 35.2 Å². The second-order valence-electron chi connectivity index (χ2n) is 9.73. The molecule has 1 spiro atoms. The van der Waals surface area contributed by atoms with Gasteiger partial charge in [-0.1, -0.05) is 32.4 Å². The predicted octanol–water partition coefficient (Wildman–Crippen LogP) is 5.67. The van der Waals surface area contributed by atoms with E-state index < -0.39 is 0 Å². The number of carbonyl (C=O) groups excluding carboxylic acids is 1. The number of fused-ring (bicyclic) bond motifs is 1. The fraction of sp³-hybridized carbons (Fsp3) is 0.591. The number of imidazole rings is 1. The maximum atomic E-state index is 12.5. The first-order valence-electron chi connectivity index (χ1n) is 10.2. The van der Waals surface area contributed by atoms with Crippen LogP contribution in [0.25, 0.3) is 15.9 Å². The largest absolute Gasteiger partial charge is 0.441 e. The Hall–Kier alpha value is -2.26. The zero-order valence-corrected chi connectivity index (χ0v) is 18.0. The third kappa shape index (κ3) is 4.06. The normalized spacial score (nSPS) is 24.9. The van der Waals surface area contributed by atoms with Crippen molar-refractivity contribution in [2.24, 2.45) is 11.3 Å². The van der Waals surface area contributed by atoms with Crippen molar-refractivity contribution in [3.8, 4) is 0 Å². The summed E-state index contributed by atoms with van der Waals surface area (Å²) in [6.45, 7) is 15.9. The number of halogens is 1. The van der Waals surface area contributed by atoms with Crippen LogP contribution in [-0.2, 0) is 11.3 Å².